The number of amides is 3. The summed E-state index contributed by atoms with van der Waals surface area (Å²) in [4.78, 5) is 72.8. The second-order valence-corrected chi connectivity index (χ2v) is 33.7. The highest BCUT2D eigenvalue weighted by atomic mass is 32.2. The van der Waals surface area contributed by atoms with Crippen molar-refractivity contribution in [1.82, 2.24) is 44.6 Å². The third kappa shape index (κ3) is 18.1. The van der Waals surface area contributed by atoms with E-state index in [0.29, 0.717) is 110 Å². The van der Waals surface area contributed by atoms with Crippen LogP contribution in [-0.2, 0) is 61.5 Å². The number of carbonyl (C=O) groups excluding carboxylic acids is 3. The lowest BCUT2D eigenvalue weighted by Crippen LogP contribution is -2.53. The molecule has 0 N–H and O–H groups in total. The molecular weight excluding hydrogens is 1400 g/mol. The Hall–Kier alpha value is -8.14. The standard InChI is InChI=1S/C22H23F5N4O2S.2C22H24F4N4O2S/c1-34(33)9-5-14(6-10-34)20(32)31-8-7-30(21-28-11-15(12-29-21)22(25,26)27)13-18(31)16-3-2-4-17(23)19(16)24;1-33(32)9-5-15(6-10-33)20(31)30-8-7-29(14-19(30)16-3-2-4-18(23)11-16)21-27-12-17(13-28-21)22(24,25)26;1-33(32)10-6-15(7-11-33)20(31)30-9-8-29(14-19(30)17-4-2-3-5-18(17)23)21-27-12-16(13-28-21)22(24,25)26/h2-4,11-12,14,18H,1,5-10,13H2;2-4,11-13,15,19H,1,5-10,14H2;2-5,12-13,15,19H,1,6-11,14H2. The summed E-state index contributed by atoms with van der Waals surface area (Å²) in [5, 5.41) is 0. The summed E-state index contributed by atoms with van der Waals surface area (Å²) >= 11 is 0. The van der Waals surface area contributed by atoms with E-state index in [4.69, 9.17) is 0 Å². The molecule has 6 aromatic rings. The number of anilines is 3. The maximum Gasteiger partial charge on any atom is 0.419 e. The van der Waals surface area contributed by atoms with Gasteiger partial charge in [-0.15, -0.1) is 0 Å². The molecule has 12 rings (SSSR count). The van der Waals surface area contributed by atoms with Gasteiger partial charge >= 0.3 is 18.5 Å². The Labute approximate surface area is 569 Å². The topological polar surface area (TPSA) is 199 Å². The van der Waals surface area contributed by atoms with Crippen molar-refractivity contribution in [3.8, 4) is 0 Å². The van der Waals surface area contributed by atoms with Crippen molar-refractivity contribution < 1.29 is 84.1 Å². The van der Waals surface area contributed by atoms with Crippen molar-refractivity contribution >= 4 is 81.7 Å². The molecule has 18 nitrogen and oxygen atoms in total. The number of rotatable bonds is 9. The lowest BCUT2D eigenvalue weighted by Gasteiger charge is -2.43. The summed E-state index contributed by atoms with van der Waals surface area (Å²) in [7, 11) is -6.48. The minimum Gasteiger partial charge on any atom is -0.337 e. The second kappa shape index (κ2) is 30.2. The third-order valence-corrected chi connectivity index (χ3v) is 24.5. The predicted molar refractivity (Wildman–Crippen MR) is 353 cm³/mol. The molecule has 3 aromatic heterocycles. The van der Waals surface area contributed by atoms with E-state index < -0.39 is 111 Å². The summed E-state index contributed by atoms with van der Waals surface area (Å²) in [5.41, 5.74) is -2.04. The normalized spacial score (nSPS) is 26.2. The molecule has 34 heteroatoms. The lowest BCUT2D eigenvalue weighted by atomic mass is 9.96. The number of aromatic nitrogens is 6. The number of alkyl halides is 9. The Kier molecular flexibility index (Phi) is 22.5. The first-order chi connectivity index (χ1) is 47.0. The molecule has 6 aliphatic rings. The summed E-state index contributed by atoms with van der Waals surface area (Å²) in [6.07, 6.45) is -6.76. The molecule has 540 valence electrons. The minimum absolute atomic E-state index is 0.00336. The highest BCUT2D eigenvalue weighted by Gasteiger charge is 2.43. The molecule has 0 aliphatic carbocycles. The zero-order valence-electron chi connectivity index (χ0n) is 53.7. The van der Waals surface area contributed by atoms with Crippen LogP contribution in [0, 0.1) is 41.0 Å². The van der Waals surface area contributed by atoms with E-state index in [1.54, 1.807) is 54.8 Å². The van der Waals surface area contributed by atoms with E-state index in [1.165, 1.54) is 35.2 Å². The van der Waals surface area contributed by atoms with E-state index in [9.17, 15) is 84.1 Å². The minimum atomic E-state index is -4.59. The van der Waals surface area contributed by atoms with Crippen LogP contribution in [0.4, 0.5) is 74.9 Å². The van der Waals surface area contributed by atoms with Crippen LogP contribution in [0.15, 0.2) is 104 Å². The molecule has 6 saturated heterocycles. The smallest absolute Gasteiger partial charge is 0.337 e. The van der Waals surface area contributed by atoms with Crippen molar-refractivity contribution in [1.29, 1.82) is 0 Å². The lowest BCUT2D eigenvalue weighted by molar-refractivity contribution is -0.139. The summed E-state index contributed by atoms with van der Waals surface area (Å²) in [6.45, 7) is 1.75. The SMILES string of the molecule is C=S1(=O)CCC(C(=O)N2CCN(c3ncc(C(F)(F)F)cn3)CC2c2cccc(F)c2)CC1.C=S1(=O)CCC(C(=O)N2CCN(c3ncc(C(F)(F)F)cn3)CC2c2cccc(F)c2F)CC1.C=S1(=O)CCC(C(=O)N2CCN(c3ncc(C(F)(F)F)cn3)CC2c2ccccc2F)CC1. The number of hydrogen-bond donors (Lipinski definition) is 0. The van der Waals surface area contributed by atoms with E-state index in [0.717, 1.165) is 30.9 Å². The maximum atomic E-state index is 14.7. The molecule has 100 heavy (non-hydrogen) atoms. The molecule has 3 aromatic carbocycles. The van der Waals surface area contributed by atoms with Crippen molar-refractivity contribution in [2.75, 3.05) is 108 Å². The number of piperazine rings is 3. The first-order valence-electron chi connectivity index (χ1n) is 31.8. The zero-order chi connectivity index (χ0) is 72.3. The summed E-state index contributed by atoms with van der Waals surface area (Å²) < 4.78 is 210. The Morgan fingerprint density at radius 3 is 1.06 bits per heavy atom. The predicted octanol–water partition coefficient (Wildman–Crippen LogP) is 9.59. The number of carbonyl (C=O) groups is 3. The number of benzene rings is 3. The molecule has 0 bridgehead atoms. The molecule has 0 spiro atoms. The Morgan fingerprint density at radius 2 is 0.710 bits per heavy atom. The average molecular weight is 1470 g/mol. The van der Waals surface area contributed by atoms with Gasteiger partial charge < -0.3 is 29.4 Å². The number of halogens is 13. The monoisotopic (exact) mass is 1470 g/mol. The molecule has 3 unspecified atom stereocenters. The van der Waals surface area contributed by atoms with Crippen LogP contribution < -0.4 is 14.7 Å². The number of nitrogens with zero attached hydrogens (tertiary/aromatic N) is 12. The van der Waals surface area contributed by atoms with Gasteiger partial charge in [0.1, 0.15) is 11.6 Å². The van der Waals surface area contributed by atoms with Crippen molar-refractivity contribution in [3.63, 3.8) is 0 Å². The highest BCUT2D eigenvalue weighted by Crippen LogP contribution is 2.39. The Morgan fingerprint density at radius 1 is 0.400 bits per heavy atom. The van der Waals surface area contributed by atoms with Gasteiger partial charge in [-0.3, -0.25) is 27.0 Å². The van der Waals surface area contributed by atoms with Crippen molar-refractivity contribution in [2.45, 2.75) is 75.2 Å². The fourth-order valence-corrected chi connectivity index (χ4v) is 17.9. The van der Waals surface area contributed by atoms with E-state index in [1.807, 2.05) is 0 Å². The Bertz CT molecular complexity index is 4230. The van der Waals surface area contributed by atoms with Gasteiger partial charge in [0.25, 0.3) is 0 Å². The first kappa shape index (κ1) is 74.5. The largest absolute Gasteiger partial charge is 0.419 e. The zero-order valence-corrected chi connectivity index (χ0v) is 56.2. The first-order valence-corrected chi connectivity index (χ1v) is 38.0. The van der Waals surface area contributed by atoms with Crippen LogP contribution >= 0.6 is 0 Å². The third-order valence-electron chi connectivity index (χ3n) is 18.7. The quantitative estimate of drug-likeness (QED) is 0.0978. The van der Waals surface area contributed by atoms with Gasteiger partial charge in [0, 0.05) is 159 Å². The summed E-state index contributed by atoms with van der Waals surface area (Å²) in [6, 6.07) is 13.6. The molecule has 9 heterocycles. The number of hydrogen-bond acceptors (Lipinski definition) is 15. The molecule has 3 atom stereocenters. The molecule has 3 amide bonds. The molecule has 0 saturated carbocycles. The van der Waals surface area contributed by atoms with E-state index in [-0.39, 0.29) is 98.8 Å². The average Bonchev–Trinajstić information content (AvgIpc) is 0.790. The molecule has 6 fully saturated rings. The van der Waals surface area contributed by atoms with Gasteiger partial charge in [0.15, 0.2) is 11.6 Å². The van der Waals surface area contributed by atoms with Crippen molar-refractivity contribution in [3.05, 3.63) is 161 Å². The molecule has 6 aliphatic heterocycles. The highest BCUT2D eigenvalue weighted by molar-refractivity contribution is 8.00. The van der Waals surface area contributed by atoms with Crippen LogP contribution in [0.25, 0.3) is 0 Å². The second-order valence-electron chi connectivity index (χ2n) is 25.5. The summed E-state index contributed by atoms with van der Waals surface area (Å²) in [5.74, 6) is 9.02. The van der Waals surface area contributed by atoms with Gasteiger partial charge in [0.2, 0.25) is 35.6 Å². The van der Waals surface area contributed by atoms with Gasteiger partial charge in [-0.2, -0.15) is 39.5 Å². The van der Waals surface area contributed by atoms with Crippen LogP contribution in [-0.4, -0.2) is 186 Å². The maximum absolute atomic E-state index is 14.7. The van der Waals surface area contributed by atoms with Crippen molar-refractivity contribution in [2.24, 2.45) is 17.8 Å². The van der Waals surface area contributed by atoms with Crippen LogP contribution in [0.2, 0.25) is 0 Å². The molecule has 0 radical (unpaired) electrons. The van der Waals surface area contributed by atoms with Gasteiger partial charge in [-0.05, 0) is 115 Å². The van der Waals surface area contributed by atoms with Gasteiger partial charge in [-0.1, -0.05) is 42.5 Å². The fourth-order valence-electron chi connectivity index (χ4n) is 13.0. The Balaban J connectivity index is 0.000000162. The van der Waals surface area contributed by atoms with Crippen LogP contribution in [0.5, 0.6) is 0 Å². The van der Waals surface area contributed by atoms with Gasteiger partial charge in [-0.25, -0.2) is 47.5 Å². The van der Waals surface area contributed by atoms with E-state index >= 15 is 0 Å². The molecular formula is C66H71F13N12O6S3. The van der Waals surface area contributed by atoms with Crippen LogP contribution in [0.3, 0.4) is 0 Å². The fraction of sp³-hybridized carbons (Fsp3) is 0.455. The van der Waals surface area contributed by atoms with Crippen LogP contribution in [0.1, 0.15) is 90.0 Å². The van der Waals surface area contributed by atoms with E-state index in [2.05, 4.69) is 47.5 Å². The van der Waals surface area contributed by atoms with Gasteiger partial charge in [0.05, 0.1) is 34.8 Å².